The summed E-state index contributed by atoms with van der Waals surface area (Å²) in [5.74, 6) is 2.43. The van der Waals surface area contributed by atoms with Crippen LogP contribution in [0.5, 0.6) is 5.88 Å². The van der Waals surface area contributed by atoms with Crippen LogP contribution in [-0.4, -0.2) is 31.8 Å². The van der Waals surface area contributed by atoms with Gasteiger partial charge in [-0.15, -0.1) is 10.2 Å². The molecule has 0 amide bonds. The molecule has 7 nitrogen and oxygen atoms in total. The highest BCUT2D eigenvalue weighted by Crippen LogP contribution is 2.47. The molecule has 0 bridgehead atoms. The molecule has 146 valence electrons. The number of nitrogens with one attached hydrogen (secondary N) is 1. The van der Waals surface area contributed by atoms with Crippen molar-refractivity contribution < 1.29 is 4.74 Å². The van der Waals surface area contributed by atoms with Crippen LogP contribution in [0.2, 0.25) is 5.02 Å². The molecule has 4 rings (SSSR count). The lowest BCUT2D eigenvalue weighted by atomic mass is 10.2. The number of anilines is 1. The second-order valence-electron chi connectivity index (χ2n) is 6.98. The molecule has 3 aromatic rings. The van der Waals surface area contributed by atoms with E-state index in [0.29, 0.717) is 47.5 Å². The number of hydrogen-bond donors (Lipinski definition) is 1. The maximum atomic E-state index is 6.47. The summed E-state index contributed by atoms with van der Waals surface area (Å²) in [4.78, 5) is 13.3. The molecule has 0 spiro atoms. The van der Waals surface area contributed by atoms with Gasteiger partial charge >= 0.3 is 0 Å². The molecule has 2 atom stereocenters. The van der Waals surface area contributed by atoms with E-state index in [9.17, 15) is 0 Å². The fraction of sp³-hybridized carbons (Fsp3) is 0.421. The highest BCUT2D eigenvalue weighted by atomic mass is 35.5. The molecule has 0 aliphatic heterocycles. The Labute approximate surface area is 172 Å². The summed E-state index contributed by atoms with van der Waals surface area (Å²) < 4.78 is 5.94. The van der Waals surface area contributed by atoms with E-state index >= 15 is 0 Å². The Bertz CT molecular complexity index is 977. The van der Waals surface area contributed by atoms with Gasteiger partial charge in [0.15, 0.2) is 5.82 Å². The van der Waals surface area contributed by atoms with E-state index in [2.05, 4.69) is 42.6 Å². The van der Waals surface area contributed by atoms with Gasteiger partial charge in [0.2, 0.25) is 5.88 Å². The summed E-state index contributed by atoms with van der Waals surface area (Å²) in [7, 11) is 0. The molecule has 9 heteroatoms. The normalized spacial score (nSPS) is 18.1. The lowest BCUT2D eigenvalue weighted by Gasteiger charge is -2.12. The molecule has 1 fully saturated rings. The molecule has 0 aromatic carbocycles. The quantitative estimate of drug-likeness (QED) is 0.620. The zero-order valence-electron chi connectivity index (χ0n) is 15.9. The first-order chi connectivity index (χ1) is 13.5. The predicted molar refractivity (Wildman–Crippen MR) is 109 cm³/mol. The lowest BCUT2D eigenvalue weighted by Crippen LogP contribution is -2.08. The van der Waals surface area contributed by atoms with Gasteiger partial charge < -0.3 is 10.1 Å². The minimum Gasteiger partial charge on any atom is -0.476 e. The van der Waals surface area contributed by atoms with Crippen molar-refractivity contribution in [3.8, 4) is 5.88 Å². The Morgan fingerprint density at radius 3 is 2.79 bits per heavy atom. The minimum absolute atomic E-state index is 0.387. The van der Waals surface area contributed by atoms with Gasteiger partial charge in [-0.1, -0.05) is 29.0 Å². The zero-order valence-corrected chi connectivity index (χ0v) is 17.5. The topological polar surface area (TPSA) is 85.7 Å². The molecule has 3 aromatic heterocycles. The third-order valence-electron chi connectivity index (χ3n) is 4.58. The van der Waals surface area contributed by atoms with Crippen LogP contribution in [0.15, 0.2) is 18.3 Å². The van der Waals surface area contributed by atoms with Gasteiger partial charge in [0, 0.05) is 23.7 Å². The number of aromatic nitrogens is 5. The summed E-state index contributed by atoms with van der Waals surface area (Å²) in [6, 6.07) is 4.19. The standard InChI is InChI=1S/C19H21ClN6OS/c1-10-4-5-15(21-7-10)14-6-13(14)9-27-19-17(20)18(23-11(2)24-19)22-8-16-26-25-12(3)28-16/h4-5,7,13-14H,6,8-9H2,1-3H3,(H,22,23,24)/t13-,14+/m1/s1. The fourth-order valence-electron chi connectivity index (χ4n) is 2.99. The molecular formula is C19H21ClN6OS. The lowest BCUT2D eigenvalue weighted by molar-refractivity contribution is 0.284. The van der Waals surface area contributed by atoms with Gasteiger partial charge in [-0.3, -0.25) is 4.98 Å². The smallest absolute Gasteiger partial charge is 0.238 e. The number of rotatable bonds is 7. The Morgan fingerprint density at radius 1 is 1.21 bits per heavy atom. The molecule has 28 heavy (non-hydrogen) atoms. The van der Waals surface area contributed by atoms with E-state index in [1.54, 1.807) is 0 Å². The Morgan fingerprint density at radius 2 is 2.07 bits per heavy atom. The van der Waals surface area contributed by atoms with Crippen molar-refractivity contribution in [2.45, 2.75) is 39.7 Å². The van der Waals surface area contributed by atoms with Crippen molar-refractivity contribution in [2.75, 3.05) is 11.9 Å². The Balaban J connectivity index is 1.38. The SMILES string of the molecule is Cc1ccc([C@H]2C[C@@H]2COc2nc(C)nc(NCc3nnc(C)s3)c2Cl)nc1. The largest absolute Gasteiger partial charge is 0.476 e. The molecule has 1 aliphatic rings. The number of pyridine rings is 1. The second kappa shape index (κ2) is 7.97. The van der Waals surface area contributed by atoms with Crippen LogP contribution >= 0.6 is 22.9 Å². The van der Waals surface area contributed by atoms with E-state index in [4.69, 9.17) is 16.3 Å². The number of halogens is 1. The zero-order chi connectivity index (χ0) is 19.7. The summed E-state index contributed by atoms with van der Waals surface area (Å²) in [6.07, 6.45) is 2.98. The minimum atomic E-state index is 0.387. The van der Waals surface area contributed by atoms with Gasteiger partial charge in [0.1, 0.15) is 20.9 Å². The van der Waals surface area contributed by atoms with Gasteiger partial charge in [-0.25, -0.2) is 4.98 Å². The first-order valence-electron chi connectivity index (χ1n) is 9.12. The van der Waals surface area contributed by atoms with E-state index in [1.807, 2.05) is 27.0 Å². The maximum absolute atomic E-state index is 6.47. The molecule has 1 aliphatic carbocycles. The van der Waals surface area contributed by atoms with E-state index < -0.39 is 0 Å². The summed E-state index contributed by atoms with van der Waals surface area (Å²) >= 11 is 8.00. The number of aryl methyl sites for hydroxylation is 3. The van der Waals surface area contributed by atoms with Crippen molar-refractivity contribution in [1.82, 2.24) is 25.1 Å². The van der Waals surface area contributed by atoms with Crippen molar-refractivity contribution >= 4 is 28.8 Å². The van der Waals surface area contributed by atoms with Crippen molar-refractivity contribution in [3.05, 3.63) is 50.4 Å². The molecule has 1 saturated carbocycles. The number of hydrogen-bond acceptors (Lipinski definition) is 8. The second-order valence-corrected chi connectivity index (χ2v) is 8.62. The maximum Gasteiger partial charge on any atom is 0.238 e. The Hall–Kier alpha value is -2.32. The van der Waals surface area contributed by atoms with E-state index in [-0.39, 0.29) is 0 Å². The van der Waals surface area contributed by atoms with E-state index in [0.717, 1.165) is 22.1 Å². The van der Waals surface area contributed by atoms with Crippen LogP contribution in [-0.2, 0) is 6.54 Å². The molecule has 0 saturated heterocycles. The average Bonchev–Trinajstić information content (AvgIpc) is 3.33. The van der Waals surface area contributed by atoms with E-state index in [1.165, 1.54) is 16.9 Å². The first-order valence-corrected chi connectivity index (χ1v) is 10.3. The van der Waals surface area contributed by atoms with Crippen molar-refractivity contribution in [3.63, 3.8) is 0 Å². The number of nitrogens with zero attached hydrogens (tertiary/aromatic N) is 5. The summed E-state index contributed by atoms with van der Waals surface area (Å²) in [6.45, 7) is 6.85. The fourth-order valence-corrected chi connectivity index (χ4v) is 3.85. The monoisotopic (exact) mass is 416 g/mol. The van der Waals surface area contributed by atoms with Crippen LogP contribution < -0.4 is 10.1 Å². The van der Waals surface area contributed by atoms with Crippen LogP contribution in [0, 0.1) is 26.7 Å². The predicted octanol–water partition coefficient (Wildman–Crippen LogP) is 4.10. The molecular weight excluding hydrogens is 396 g/mol. The van der Waals surface area contributed by atoms with Crippen LogP contribution in [0.25, 0.3) is 0 Å². The van der Waals surface area contributed by atoms with Gasteiger partial charge in [0.05, 0.1) is 13.2 Å². The van der Waals surface area contributed by atoms with Crippen molar-refractivity contribution in [1.29, 1.82) is 0 Å². The highest BCUT2D eigenvalue weighted by Gasteiger charge is 2.40. The summed E-state index contributed by atoms with van der Waals surface area (Å²) in [5, 5.41) is 13.5. The van der Waals surface area contributed by atoms with Crippen LogP contribution in [0.4, 0.5) is 5.82 Å². The van der Waals surface area contributed by atoms with Gasteiger partial charge in [-0.05, 0) is 38.8 Å². The third kappa shape index (κ3) is 4.39. The average molecular weight is 417 g/mol. The summed E-state index contributed by atoms with van der Waals surface area (Å²) in [5.41, 5.74) is 2.29. The van der Waals surface area contributed by atoms with Crippen LogP contribution in [0.1, 0.15) is 39.4 Å². The number of ether oxygens (including phenoxy) is 1. The third-order valence-corrected chi connectivity index (χ3v) is 5.76. The van der Waals surface area contributed by atoms with Gasteiger partial charge in [-0.2, -0.15) is 4.98 Å². The Kier molecular flexibility index (Phi) is 5.41. The molecule has 3 heterocycles. The molecule has 0 radical (unpaired) electrons. The first kappa shape index (κ1) is 19.0. The van der Waals surface area contributed by atoms with Gasteiger partial charge in [0.25, 0.3) is 0 Å². The van der Waals surface area contributed by atoms with Crippen molar-refractivity contribution in [2.24, 2.45) is 5.92 Å². The highest BCUT2D eigenvalue weighted by molar-refractivity contribution is 7.11. The van der Waals surface area contributed by atoms with Crippen LogP contribution in [0.3, 0.4) is 0 Å². The molecule has 0 unspecified atom stereocenters. The molecule has 1 N–H and O–H groups in total.